The zero-order valence-corrected chi connectivity index (χ0v) is 18.0. The molecule has 0 aliphatic carbocycles. The van der Waals surface area contributed by atoms with Gasteiger partial charge in [0.05, 0.1) is 12.1 Å². The van der Waals surface area contributed by atoms with Crippen LogP contribution in [0.25, 0.3) is 11.5 Å². The number of hydrogen-bond donors (Lipinski definition) is 2. The van der Waals surface area contributed by atoms with Crippen molar-refractivity contribution in [3.63, 3.8) is 0 Å². The highest BCUT2D eigenvalue weighted by atomic mass is 16.4. The lowest BCUT2D eigenvalue weighted by atomic mass is 10.1. The number of aryl methyl sites for hydroxylation is 3. The van der Waals surface area contributed by atoms with Gasteiger partial charge in [-0.15, -0.1) is 0 Å². The van der Waals surface area contributed by atoms with Gasteiger partial charge in [-0.25, -0.2) is 4.98 Å². The van der Waals surface area contributed by atoms with E-state index in [4.69, 9.17) is 8.83 Å². The fraction of sp³-hybridized carbons (Fsp3) is 0.348. The fourth-order valence-electron chi connectivity index (χ4n) is 3.03. The molecule has 158 valence electrons. The second-order valence-corrected chi connectivity index (χ2v) is 7.41. The Morgan fingerprint density at radius 3 is 2.53 bits per heavy atom. The lowest BCUT2D eigenvalue weighted by Crippen LogP contribution is -2.28. The van der Waals surface area contributed by atoms with E-state index < -0.39 is 0 Å². The summed E-state index contributed by atoms with van der Waals surface area (Å²) in [5.41, 5.74) is 2.54. The minimum atomic E-state index is -0.237. The van der Waals surface area contributed by atoms with E-state index in [1.165, 1.54) is 0 Å². The first-order chi connectivity index (χ1) is 14.3. The highest BCUT2D eigenvalue weighted by Crippen LogP contribution is 2.25. The third kappa shape index (κ3) is 4.79. The van der Waals surface area contributed by atoms with Crippen LogP contribution in [0.15, 0.2) is 39.2 Å². The average molecular weight is 409 g/mol. The van der Waals surface area contributed by atoms with E-state index >= 15 is 0 Å². The maximum Gasteiger partial charge on any atom is 0.259 e. The van der Waals surface area contributed by atoms with Crippen molar-refractivity contribution in [1.29, 1.82) is 0 Å². The molecule has 1 aromatic carbocycles. The Bertz CT molecular complexity index is 1060. The van der Waals surface area contributed by atoms with Gasteiger partial charge in [0.15, 0.2) is 0 Å². The summed E-state index contributed by atoms with van der Waals surface area (Å²) >= 11 is 0. The topological polar surface area (TPSA) is 97.4 Å². The summed E-state index contributed by atoms with van der Waals surface area (Å²) < 4.78 is 11.2. The third-order valence-electron chi connectivity index (χ3n) is 5.04. The molecule has 0 fully saturated rings. The number of anilines is 1. The lowest BCUT2D eigenvalue weighted by Gasteiger charge is -2.08. The molecular weight excluding hydrogens is 382 g/mol. The van der Waals surface area contributed by atoms with Crippen molar-refractivity contribution >= 4 is 17.5 Å². The zero-order valence-electron chi connectivity index (χ0n) is 18.0. The molecule has 2 N–H and O–H groups in total. The summed E-state index contributed by atoms with van der Waals surface area (Å²) in [5, 5.41) is 5.77. The van der Waals surface area contributed by atoms with Crippen LogP contribution in [-0.2, 0) is 11.3 Å². The number of oxazole rings is 1. The predicted octanol–water partition coefficient (Wildman–Crippen LogP) is 4.77. The summed E-state index contributed by atoms with van der Waals surface area (Å²) in [7, 11) is 0. The van der Waals surface area contributed by atoms with Crippen molar-refractivity contribution in [3.05, 3.63) is 58.9 Å². The molecule has 0 aliphatic heterocycles. The number of nitrogens with one attached hydrogen (secondary N) is 2. The van der Waals surface area contributed by atoms with Crippen molar-refractivity contribution in [3.8, 4) is 11.5 Å². The van der Waals surface area contributed by atoms with Crippen molar-refractivity contribution in [1.82, 2.24) is 10.3 Å². The number of aromatic nitrogens is 1. The Hall–Kier alpha value is -3.35. The molecule has 0 aliphatic rings. The Labute approximate surface area is 175 Å². The van der Waals surface area contributed by atoms with Crippen LogP contribution in [0.1, 0.15) is 53.6 Å². The molecule has 0 radical (unpaired) electrons. The molecule has 0 unspecified atom stereocenters. The standard InChI is InChI=1S/C23H27N3O4/c1-6-13(2)21(27)24-12-20-16(5)30-23(26-20)17-8-7-9-18(11-17)25-22(28)19-10-14(3)29-15(19)4/h7-11,13H,6,12H2,1-5H3,(H,24,27)(H,25,28)/t13-/m0/s1. The average Bonchev–Trinajstić information content (AvgIpc) is 3.26. The molecule has 3 rings (SSSR count). The highest BCUT2D eigenvalue weighted by molar-refractivity contribution is 6.05. The molecule has 7 heteroatoms. The van der Waals surface area contributed by atoms with Crippen LogP contribution in [-0.4, -0.2) is 16.8 Å². The maximum atomic E-state index is 12.5. The van der Waals surface area contributed by atoms with E-state index in [2.05, 4.69) is 15.6 Å². The normalized spacial score (nSPS) is 11.9. The van der Waals surface area contributed by atoms with E-state index in [-0.39, 0.29) is 17.7 Å². The van der Waals surface area contributed by atoms with Gasteiger partial charge in [0.25, 0.3) is 5.91 Å². The largest absolute Gasteiger partial charge is 0.466 e. The second kappa shape index (κ2) is 8.98. The number of furan rings is 1. The van der Waals surface area contributed by atoms with Gasteiger partial charge < -0.3 is 19.5 Å². The van der Waals surface area contributed by atoms with Gasteiger partial charge in [0.2, 0.25) is 11.8 Å². The summed E-state index contributed by atoms with van der Waals surface area (Å²) in [4.78, 5) is 29.1. The van der Waals surface area contributed by atoms with E-state index in [0.717, 1.165) is 12.0 Å². The first-order valence-electron chi connectivity index (χ1n) is 10.0. The van der Waals surface area contributed by atoms with Gasteiger partial charge in [-0.2, -0.15) is 0 Å². The number of amides is 2. The molecule has 0 saturated heterocycles. The van der Waals surface area contributed by atoms with Crippen LogP contribution in [0.3, 0.4) is 0 Å². The van der Waals surface area contributed by atoms with Crippen molar-refractivity contribution in [2.75, 3.05) is 5.32 Å². The number of hydrogen-bond acceptors (Lipinski definition) is 5. The number of rotatable bonds is 7. The van der Waals surface area contributed by atoms with E-state index in [9.17, 15) is 9.59 Å². The Morgan fingerprint density at radius 1 is 1.10 bits per heavy atom. The third-order valence-corrected chi connectivity index (χ3v) is 5.04. The van der Waals surface area contributed by atoms with Crippen LogP contribution in [0, 0.1) is 26.7 Å². The zero-order chi connectivity index (χ0) is 21.8. The van der Waals surface area contributed by atoms with Gasteiger partial charge in [0.1, 0.15) is 23.0 Å². The first-order valence-corrected chi connectivity index (χ1v) is 10.0. The molecule has 2 heterocycles. The summed E-state index contributed by atoms with van der Waals surface area (Å²) in [6.07, 6.45) is 0.783. The monoisotopic (exact) mass is 409 g/mol. The smallest absolute Gasteiger partial charge is 0.259 e. The Balaban J connectivity index is 1.73. The molecular formula is C23H27N3O4. The minimum absolute atomic E-state index is 0.00376. The molecule has 30 heavy (non-hydrogen) atoms. The van der Waals surface area contributed by atoms with Crippen LogP contribution < -0.4 is 10.6 Å². The SMILES string of the molecule is CC[C@H](C)C(=O)NCc1nc(-c2cccc(NC(=O)c3cc(C)oc3C)c2)oc1C. The second-order valence-electron chi connectivity index (χ2n) is 7.41. The van der Waals surface area contributed by atoms with Crippen LogP contribution >= 0.6 is 0 Å². The van der Waals surface area contributed by atoms with E-state index in [1.54, 1.807) is 32.0 Å². The molecule has 7 nitrogen and oxygen atoms in total. The molecule has 2 amide bonds. The molecule has 3 aromatic rings. The summed E-state index contributed by atoms with van der Waals surface area (Å²) in [6.45, 7) is 9.56. The van der Waals surface area contributed by atoms with E-state index in [1.807, 2.05) is 32.9 Å². The molecule has 0 bridgehead atoms. The van der Waals surface area contributed by atoms with Gasteiger partial charge in [-0.3, -0.25) is 9.59 Å². The number of nitrogens with zero attached hydrogens (tertiary/aromatic N) is 1. The van der Waals surface area contributed by atoms with Gasteiger partial charge in [0, 0.05) is 17.2 Å². The number of carbonyl (C=O) groups excluding carboxylic acids is 2. The predicted molar refractivity (Wildman–Crippen MR) is 114 cm³/mol. The van der Waals surface area contributed by atoms with Gasteiger partial charge >= 0.3 is 0 Å². The lowest BCUT2D eigenvalue weighted by molar-refractivity contribution is -0.124. The van der Waals surface area contributed by atoms with Crippen molar-refractivity contribution in [2.24, 2.45) is 5.92 Å². The molecule has 0 saturated carbocycles. The molecule has 2 aromatic heterocycles. The minimum Gasteiger partial charge on any atom is -0.466 e. The summed E-state index contributed by atoms with van der Waals surface area (Å²) in [5.74, 6) is 2.07. The highest BCUT2D eigenvalue weighted by Gasteiger charge is 2.17. The van der Waals surface area contributed by atoms with Crippen LogP contribution in [0.5, 0.6) is 0 Å². The van der Waals surface area contributed by atoms with E-state index in [0.29, 0.717) is 46.7 Å². The fourth-order valence-corrected chi connectivity index (χ4v) is 3.03. The van der Waals surface area contributed by atoms with Crippen molar-refractivity contribution < 1.29 is 18.4 Å². The van der Waals surface area contributed by atoms with Crippen LogP contribution in [0.2, 0.25) is 0 Å². The van der Waals surface area contributed by atoms with Crippen LogP contribution in [0.4, 0.5) is 5.69 Å². The maximum absolute atomic E-state index is 12.5. The molecule has 0 spiro atoms. The number of benzene rings is 1. The Morgan fingerprint density at radius 2 is 1.87 bits per heavy atom. The number of carbonyl (C=O) groups is 2. The molecule has 1 atom stereocenters. The Kier molecular flexibility index (Phi) is 6.40. The quantitative estimate of drug-likeness (QED) is 0.585. The first kappa shape index (κ1) is 21.4. The van der Waals surface area contributed by atoms with Gasteiger partial charge in [-0.05, 0) is 51.5 Å². The van der Waals surface area contributed by atoms with Gasteiger partial charge in [-0.1, -0.05) is 19.9 Å². The van der Waals surface area contributed by atoms with Crippen molar-refractivity contribution in [2.45, 2.75) is 47.6 Å². The summed E-state index contributed by atoms with van der Waals surface area (Å²) in [6, 6.07) is 8.99.